The summed E-state index contributed by atoms with van der Waals surface area (Å²) in [5.41, 5.74) is 1.95. The lowest BCUT2D eigenvalue weighted by atomic mass is 10.2. The van der Waals surface area contributed by atoms with Gasteiger partial charge < -0.3 is 0 Å². The van der Waals surface area contributed by atoms with Crippen molar-refractivity contribution >= 4 is 0 Å². The molecule has 2 aromatic rings. The van der Waals surface area contributed by atoms with Crippen molar-refractivity contribution in [2.45, 2.75) is 31.6 Å². The summed E-state index contributed by atoms with van der Waals surface area (Å²) in [6, 6.07) is 14.3. The first-order chi connectivity index (χ1) is 10.8. The number of pyridine rings is 1. The number of hydrogen-bond donors (Lipinski definition) is 0. The van der Waals surface area contributed by atoms with Crippen LogP contribution in [0, 0.1) is 5.82 Å². The van der Waals surface area contributed by atoms with E-state index in [-0.39, 0.29) is 5.82 Å². The van der Waals surface area contributed by atoms with Crippen LogP contribution in [-0.4, -0.2) is 40.0 Å². The van der Waals surface area contributed by atoms with Gasteiger partial charge in [0.25, 0.3) is 0 Å². The van der Waals surface area contributed by atoms with E-state index in [4.69, 9.17) is 0 Å². The molecule has 0 amide bonds. The van der Waals surface area contributed by atoms with Crippen LogP contribution in [0.25, 0.3) is 0 Å². The highest BCUT2D eigenvalue weighted by Crippen LogP contribution is 2.32. The zero-order valence-electron chi connectivity index (χ0n) is 12.5. The number of fused-ring (bicyclic) bond motifs is 2. The Kier molecular flexibility index (Phi) is 3.64. The first-order valence-electron chi connectivity index (χ1n) is 7.91. The van der Waals surface area contributed by atoms with Gasteiger partial charge in [0.1, 0.15) is 5.82 Å². The van der Waals surface area contributed by atoms with Crippen LogP contribution in [0.2, 0.25) is 0 Å². The Bertz CT molecular complexity index is 646. The predicted octanol–water partition coefficient (Wildman–Crippen LogP) is 2.68. The van der Waals surface area contributed by atoms with Crippen LogP contribution in [0.1, 0.15) is 17.7 Å². The summed E-state index contributed by atoms with van der Waals surface area (Å²) in [5.74, 6) is -0.0874. The topological polar surface area (TPSA) is 19.4 Å². The van der Waals surface area contributed by atoms with Crippen molar-refractivity contribution in [2.24, 2.45) is 0 Å². The number of hydrogen-bond acceptors (Lipinski definition) is 3. The van der Waals surface area contributed by atoms with Crippen molar-refractivity contribution in [1.29, 1.82) is 0 Å². The molecule has 4 heteroatoms. The Hall–Kier alpha value is -1.78. The number of aromatic nitrogens is 1. The number of likely N-dealkylation sites (tertiary alicyclic amines) is 2. The van der Waals surface area contributed by atoms with Gasteiger partial charge in [-0.2, -0.15) is 0 Å². The molecule has 0 spiro atoms. The summed E-state index contributed by atoms with van der Waals surface area (Å²) in [4.78, 5) is 9.37. The molecule has 3 nitrogen and oxygen atoms in total. The van der Waals surface area contributed by atoms with Gasteiger partial charge in [0.15, 0.2) is 0 Å². The molecule has 0 aliphatic carbocycles. The highest BCUT2D eigenvalue weighted by atomic mass is 19.1. The molecule has 0 radical (unpaired) electrons. The molecule has 0 N–H and O–H groups in total. The van der Waals surface area contributed by atoms with Crippen molar-refractivity contribution in [1.82, 2.24) is 14.8 Å². The fraction of sp³-hybridized carbons (Fsp3) is 0.389. The Labute approximate surface area is 130 Å². The van der Waals surface area contributed by atoms with Crippen LogP contribution in [0.15, 0.2) is 48.7 Å². The maximum Gasteiger partial charge on any atom is 0.127 e. The van der Waals surface area contributed by atoms with Crippen LogP contribution in [0.3, 0.4) is 0 Å². The van der Waals surface area contributed by atoms with Gasteiger partial charge in [-0.1, -0.05) is 24.3 Å². The number of rotatable bonds is 4. The lowest BCUT2D eigenvalue weighted by Crippen LogP contribution is -2.45. The van der Waals surface area contributed by atoms with Gasteiger partial charge in [-0.05, 0) is 24.6 Å². The third-order valence-corrected chi connectivity index (χ3v) is 4.89. The fourth-order valence-electron chi connectivity index (χ4n) is 3.76. The first-order valence-corrected chi connectivity index (χ1v) is 7.91. The van der Waals surface area contributed by atoms with Crippen molar-refractivity contribution in [3.63, 3.8) is 0 Å². The number of nitrogens with zero attached hydrogens (tertiary/aromatic N) is 3. The zero-order chi connectivity index (χ0) is 14.9. The van der Waals surface area contributed by atoms with Gasteiger partial charge in [-0.3, -0.25) is 14.8 Å². The molecule has 4 rings (SSSR count). The Morgan fingerprint density at radius 1 is 0.955 bits per heavy atom. The third kappa shape index (κ3) is 2.64. The Balaban J connectivity index is 1.39. The van der Waals surface area contributed by atoms with Crippen LogP contribution in [0.4, 0.5) is 4.39 Å². The van der Waals surface area contributed by atoms with E-state index in [1.54, 1.807) is 12.1 Å². The quantitative estimate of drug-likeness (QED) is 0.865. The van der Waals surface area contributed by atoms with Crippen molar-refractivity contribution < 1.29 is 4.39 Å². The number of benzene rings is 1. The summed E-state index contributed by atoms with van der Waals surface area (Å²) in [6.45, 7) is 3.75. The third-order valence-electron chi connectivity index (χ3n) is 4.89. The van der Waals surface area contributed by atoms with Gasteiger partial charge in [-0.25, -0.2) is 4.39 Å². The molecule has 1 aromatic heterocycles. The van der Waals surface area contributed by atoms with Crippen LogP contribution >= 0.6 is 0 Å². The zero-order valence-corrected chi connectivity index (χ0v) is 12.5. The molecule has 3 heterocycles. The molecular weight excluding hydrogens is 277 g/mol. The van der Waals surface area contributed by atoms with Gasteiger partial charge in [0.05, 0.1) is 5.69 Å². The fourth-order valence-corrected chi connectivity index (χ4v) is 3.76. The summed E-state index contributed by atoms with van der Waals surface area (Å²) < 4.78 is 13.8. The van der Waals surface area contributed by atoms with Crippen LogP contribution in [0.5, 0.6) is 0 Å². The average molecular weight is 297 g/mol. The number of piperazine rings is 1. The summed E-state index contributed by atoms with van der Waals surface area (Å²) >= 11 is 0. The average Bonchev–Trinajstić information content (AvgIpc) is 3.10. The van der Waals surface area contributed by atoms with E-state index >= 15 is 0 Å². The molecule has 114 valence electrons. The monoisotopic (exact) mass is 297 g/mol. The second-order valence-electron chi connectivity index (χ2n) is 6.31. The molecule has 2 atom stereocenters. The molecule has 22 heavy (non-hydrogen) atoms. The van der Waals surface area contributed by atoms with E-state index in [0.29, 0.717) is 12.1 Å². The van der Waals surface area contributed by atoms with E-state index in [1.165, 1.54) is 6.42 Å². The second-order valence-corrected chi connectivity index (χ2v) is 6.31. The minimum absolute atomic E-state index is 0.0874. The Morgan fingerprint density at radius 3 is 2.36 bits per heavy atom. The molecule has 2 fully saturated rings. The standard InChI is InChI=1S/C18H20FN3/c19-18-7-2-1-5-14(18)10-21-12-17-9-16(21)13-22(17)11-15-6-3-4-8-20-15/h1-8,16-17H,9-13H2. The molecule has 2 aliphatic heterocycles. The maximum absolute atomic E-state index is 13.8. The lowest BCUT2D eigenvalue weighted by Gasteiger charge is -2.34. The minimum Gasteiger partial charge on any atom is -0.293 e. The summed E-state index contributed by atoms with van der Waals surface area (Å²) in [6.07, 6.45) is 3.05. The van der Waals surface area contributed by atoms with Gasteiger partial charge >= 0.3 is 0 Å². The second kappa shape index (κ2) is 5.78. The largest absolute Gasteiger partial charge is 0.293 e. The smallest absolute Gasteiger partial charge is 0.127 e. The highest BCUT2D eigenvalue weighted by Gasteiger charge is 2.42. The molecule has 2 saturated heterocycles. The molecule has 2 bridgehead atoms. The minimum atomic E-state index is -0.0874. The van der Waals surface area contributed by atoms with E-state index in [1.807, 2.05) is 30.5 Å². The van der Waals surface area contributed by atoms with Crippen LogP contribution < -0.4 is 0 Å². The molecular formula is C18H20FN3. The van der Waals surface area contributed by atoms with Gasteiger partial charge in [0, 0.05) is 50.0 Å². The maximum atomic E-state index is 13.8. The van der Waals surface area contributed by atoms with E-state index in [9.17, 15) is 4.39 Å². The van der Waals surface area contributed by atoms with Crippen molar-refractivity contribution in [3.05, 3.63) is 65.7 Å². The Morgan fingerprint density at radius 2 is 1.68 bits per heavy atom. The summed E-state index contributed by atoms with van der Waals surface area (Å²) in [7, 11) is 0. The lowest BCUT2D eigenvalue weighted by molar-refractivity contribution is 0.116. The first kappa shape index (κ1) is 13.9. The van der Waals surface area contributed by atoms with E-state index < -0.39 is 0 Å². The van der Waals surface area contributed by atoms with E-state index in [2.05, 4.69) is 20.9 Å². The SMILES string of the molecule is Fc1ccccc1CN1CC2CC1CN2Cc1ccccn1. The van der Waals surface area contributed by atoms with Crippen molar-refractivity contribution in [3.8, 4) is 0 Å². The highest BCUT2D eigenvalue weighted by molar-refractivity contribution is 5.18. The molecule has 1 aromatic carbocycles. The number of halogens is 1. The predicted molar refractivity (Wildman–Crippen MR) is 83.7 cm³/mol. The van der Waals surface area contributed by atoms with Crippen molar-refractivity contribution in [2.75, 3.05) is 13.1 Å². The van der Waals surface area contributed by atoms with Gasteiger partial charge in [0.2, 0.25) is 0 Å². The molecule has 0 saturated carbocycles. The molecule has 2 aliphatic rings. The normalized spacial score (nSPS) is 25.0. The van der Waals surface area contributed by atoms with E-state index in [0.717, 1.165) is 37.4 Å². The summed E-state index contributed by atoms with van der Waals surface area (Å²) in [5, 5.41) is 0. The van der Waals surface area contributed by atoms with Crippen LogP contribution in [-0.2, 0) is 13.1 Å². The van der Waals surface area contributed by atoms with Gasteiger partial charge in [-0.15, -0.1) is 0 Å². The molecule has 2 unspecified atom stereocenters.